The zero-order valence-corrected chi connectivity index (χ0v) is 15.8. The first-order chi connectivity index (χ1) is 12.2. The van der Waals surface area contributed by atoms with Gasteiger partial charge in [-0.15, -0.1) is 11.3 Å². The van der Waals surface area contributed by atoms with Crippen LogP contribution in [0, 0.1) is 5.92 Å². The Bertz CT molecular complexity index is 762. The molecule has 5 rings (SSSR count). The molecule has 2 aromatic rings. The average molecular weight is 359 g/mol. The second kappa shape index (κ2) is 6.92. The molecule has 134 valence electrons. The van der Waals surface area contributed by atoms with Crippen molar-refractivity contribution in [2.45, 2.75) is 32.7 Å². The highest BCUT2D eigenvalue weighted by atomic mass is 32.1. The van der Waals surface area contributed by atoms with Crippen LogP contribution in [0.5, 0.6) is 0 Å². The molecule has 1 N–H and O–H groups in total. The maximum absolute atomic E-state index is 12.8. The van der Waals surface area contributed by atoms with Gasteiger partial charge in [-0.3, -0.25) is 4.79 Å². The summed E-state index contributed by atoms with van der Waals surface area (Å²) in [5, 5.41) is 6.56. The quantitative estimate of drug-likeness (QED) is 0.893. The van der Waals surface area contributed by atoms with Crippen LogP contribution >= 0.6 is 11.3 Å². The number of fused-ring (bicyclic) bond motifs is 4. The van der Waals surface area contributed by atoms with E-state index in [9.17, 15) is 4.79 Å². The molecule has 0 spiro atoms. The van der Waals surface area contributed by atoms with E-state index in [4.69, 9.17) is 0 Å². The lowest BCUT2D eigenvalue weighted by Crippen LogP contribution is -2.57. The van der Waals surface area contributed by atoms with Crippen LogP contribution in [0.1, 0.15) is 37.2 Å². The van der Waals surface area contributed by atoms with Gasteiger partial charge in [0.1, 0.15) is 5.69 Å². The summed E-state index contributed by atoms with van der Waals surface area (Å²) in [6.45, 7) is 9.61. The molecule has 6 heteroatoms. The maximum atomic E-state index is 12.8. The van der Waals surface area contributed by atoms with Crippen molar-refractivity contribution < 1.29 is 4.79 Å². The lowest BCUT2D eigenvalue weighted by Gasteiger charge is -2.44. The Morgan fingerprint density at radius 1 is 1.36 bits per heavy atom. The summed E-state index contributed by atoms with van der Waals surface area (Å²) in [4.78, 5) is 22.0. The fourth-order valence-electron chi connectivity index (χ4n) is 4.22. The van der Waals surface area contributed by atoms with Crippen molar-refractivity contribution in [3.05, 3.63) is 23.3 Å². The molecule has 3 aliphatic heterocycles. The lowest BCUT2D eigenvalue weighted by atomic mass is 9.84. The molecule has 2 bridgehead atoms. The number of aromatic nitrogens is 1. The van der Waals surface area contributed by atoms with Crippen LogP contribution in [-0.2, 0) is 0 Å². The van der Waals surface area contributed by atoms with E-state index in [0.717, 1.165) is 29.7 Å². The molecule has 0 radical (unpaired) electrons. The Labute approximate surface area is 153 Å². The summed E-state index contributed by atoms with van der Waals surface area (Å²) in [6, 6.07) is 2.24. The van der Waals surface area contributed by atoms with Crippen molar-refractivity contribution >= 4 is 33.0 Å². The third-order valence-corrected chi connectivity index (χ3v) is 6.67. The summed E-state index contributed by atoms with van der Waals surface area (Å²) in [5.74, 6) is 0.599. The van der Waals surface area contributed by atoms with Crippen LogP contribution in [0.15, 0.2) is 17.6 Å². The minimum atomic E-state index is -0.0302. The summed E-state index contributed by atoms with van der Waals surface area (Å²) in [7, 11) is 0. The summed E-state index contributed by atoms with van der Waals surface area (Å²) in [6.07, 6.45) is 4.25. The van der Waals surface area contributed by atoms with E-state index < -0.39 is 0 Å². The minimum absolute atomic E-state index is 0.0302. The van der Waals surface area contributed by atoms with Crippen molar-refractivity contribution in [2.24, 2.45) is 5.92 Å². The third-order valence-electron chi connectivity index (χ3n) is 5.75. The van der Waals surface area contributed by atoms with E-state index in [1.165, 1.54) is 31.6 Å². The Hall–Kier alpha value is -1.66. The number of carbonyl (C=O) groups is 1. The normalized spacial score (nSPS) is 25.3. The Kier molecular flexibility index (Phi) is 4.65. The van der Waals surface area contributed by atoms with Gasteiger partial charge in [0.15, 0.2) is 0 Å². The average Bonchev–Trinajstić information content (AvgIpc) is 3.07. The van der Waals surface area contributed by atoms with Crippen LogP contribution in [0.2, 0.25) is 0 Å². The van der Waals surface area contributed by atoms with Crippen molar-refractivity contribution in [1.29, 1.82) is 0 Å². The number of rotatable bonds is 5. The summed E-state index contributed by atoms with van der Waals surface area (Å²) < 4.78 is 1.14. The van der Waals surface area contributed by atoms with Crippen LogP contribution in [0.4, 0.5) is 5.69 Å². The molecule has 1 atom stereocenters. The molecular weight excluding hydrogens is 332 g/mol. The molecule has 3 aliphatic rings. The van der Waals surface area contributed by atoms with Gasteiger partial charge in [-0.2, -0.15) is 0 Å². The van der Waals surface area contributed by atoms with Crippen LogP contribution in [0.25, 0.3) is 10.1 Å². The molecule has 5 heterocycles. The second-order valence-corrected chi connectivity index (χ2v) is 7.99. The highest BCUT2D eigenvalue weighted by molar-refractivity contribution is 7.17. The first-order valence-corrected chi connectivity index (χ1v) is 10.2. The zero-order chi connectivity index (χ0) is 17.4. The smallest absolute Gasteiger partial charge is 0.270 e. The fraction of sp³-hybridized carbons (Fsp3) is 0.579. The minimum Gasteiger partial charge on any atom is -0.371 e. The first kappa shape index (κ1) is 16.8. The SMILES string of the molecule is CCN(CC)c1csc2cnc(C(=O)NC3CN4CCC3CC4)cc12. The highest BCUT2D eigenvalue weighted by Crippen LogP contribution is 2.33. The van der Waals surface area contributed by atoms with Gasteiger partial charge >= 0.3 is 0 Å². The van der Waals surface area contributed by atoms with E-state index in [-0.39, 0.29) is 11.9 Å². The number of hydrogen-bond donors (Lipinski definition) is 1. The molecule has 0 saturated carbocycles. The zero-order valence-electron chi connectivity index (χ0n) is 15.0. The van der Waals surface area contributed by atoms with Gasteiger partial charge in [0.2, 0.25) is 0 Å². The monoisotopic (exact) mass is 358 g/mol. The van der Waals surface area contributed by atoms with Gasteiger partial charge in [0.25, 0.3) is 5.91 Å². The third kappa shape index (κ3) is 3.13. The number of piperidine rings is 3. The number of hydrogen-bond acceptors (Lipinski definition) is 5. The molecule has 3 fully saturated rings. The van der Waals surface area contributed by atoms with Gasteiger partial charge in [0.05, 0.1) is 10.4 Å². The van der Waals surface area contributed by atoms with Crippen molar-refractivity contribution in [3.8, 4) is 0 Å². The predicted octanol–water partition coefficient (Wildman–Crippen LogP) is 2.97. The number of amides is 1. The number of anilines is 1. The molecular formula is C19H26N4OS. The van der Waals surface area contributed by atoms with Crippen molar-refractivity contribution in [3.63, 3.8) is 0 Å². The number of nitrogens with zero attached hydrogens (tertiary/aromatic N) is 3. The topological polar surface area (TPSA) is 48.5 Å². The maximum Gasteiger partial charge on any atom is 0.270 e. The van der Waals surface area contributed by atoms with E-state index in [2.05, 4.69) is 39.3 Å². The van der Waals surface area contributed by atoms with Gasteiger partial charge in [-0.1, -0.05) is 0 Å². The number of pyridine rings is 1. The van der Waals surface area contributed by atoms with Gasteiger partial charge in [-0.05, 0) is 51.8 Å². The predicted molar refractivity (Wildman–Crippen MR) is 104 cm³/mol. The fourth-order valence-corrected chi connectivity index (χ4v) is 5.14. The molecule has 3 saturated heterocycles. The lowest BCUT2D eigenvalue weighted by molar-refractivity contribution is 0.0618. The summed E-state index contributed by atoms with van der Waals surface area (Å²) >= 11 is 1.70. The Balaban J connectivity index is 1.56. The molecule has 1 amide bonds. The largest absolute Gasteiger partial charge is 0.371 e. The van der Waals surface area contributed by atoms with E-state index in [1.807, 2.05) is 12.3 Å². The molecule has 5 nitrogen and oxygen atoms in total. The number of thiophene rings is 1. The van der Waals surface area contributed by atoms with E-state index in [1.54, 1.807) is 11.3 Å². The molecule has 25 heavy (non-hydrogen) atoms. The van der Waals surface area contributed by atoms with E-state index in [0.29, 0.717) is 11.6 Å². The van der Waals surface area contributed by atoms with Gasteiger partial charge in [-0.25, -0.2) is 4.98 Å². The molecule has 2 aromatic heterocycles. The number of nitrogens with one attached hydrogen (secondary N) is 1. The highest BCUT2D eigenvalue weighted by Gasteiger charge is 2.35. The first-order valence-electron chi connectivity index (χ1n) is 9.35. The van der Waals surface area contributed by atoms with Gasteiger partial charge < -0.3 is 15.1 Å². The Morgan fingerprint density at radius 3 is 2.76 bits per heavy atom. The standard InChI is InChI=1S/C19H26N4OS/c1-3-23(4-2)17-12-25-18-10-20-15(9-14(17)18)19(24)21-16-11-22-7-5-13(16)6-8-22/h9-10,12-13,16H,3-8,11H2,1-2H3,(H,21,24). The van der Waals surface area contributed by atoms with Crippen LogP contribution < -0.4 is 10.2 Å². The van der Waals surface area contributed by atoms with Crippen LogP contribution in [-0.4, -0.2) is 54.6 Å². The number of carbonyl (C=O) groups excluding carboxylic acids is 1. The van der Waals surface area contributed by atoms with E-state index >= 15 is 0 Å². The van der Waals surface area contributed by atoms with Crippen molar-refractivity contribution in [2.75, 3.05) is 37.6 Å². The summed E-state index contributed by atoms with van der Waals surface area (Å²) in [5.41, 5.74) is 1.75. The molecule has 1 unspecified atom stereocenters. The molecule has 0 aliphatic carbocycles. The van der Waals surface area contributed by atoms with Crippen molar-refractivity contribution in [1.82, 2.24) is 15.2 Å². The van der Waals surface area contributed by atoms with Gasteiger partial charge in [0, 0.05) is 42.6 Å². The van der Waals surface area contributed by atoms with Crippen LogP contribution in [0.3, 0.4) is 0 Å². The molecule has 0 aromatic carbocycles. The second-order valence-electron chi connectivity index (χ2n) is 7.08. The Morgan fingerprint density at radius 2 is 2.12 bits per heavy atom.